The van der Waals surface area contributed by atoms with Crippen LogP contribution in [0.2, 0.25) is 0 Å². The quantitative estimate of drug-likeness (QED) is 0.891. The average molecular weight is 351 g/mol. The molecular weight excluding hydrogens is 322 g/mol. The molecule has 2 aromatic rings. The van der Waals surface area contributed by atoms with E-state index in [2.05, 4.69) is 24.1 Å². The van der Waals surface area contributed by atoms with Gasteiger partial charge in [-0.25, -0.2) is 0 Å². The van der Waals surface area contributed by atoms with Crippen LogP contribution in [0.5, 0.6) is 0 Å². The molecule has 2 fully saturated rings. The highest BCUT2D eigenvalue weighted by Crippen LogP contribution is 2.40. The van der Waals surface area contributed by atoms with E-state index in [1.165, 1.54) is 19.3 Å². The van der Waals surface area contributed by atoms with Crippen LogP contribution in [0.15, 0.2) is 30.3 Å². The number of carbonyl (C=O) groups excluding carboxylic acids is 1. The Kier molecular flexibility index (Phi) is 4.94. The third kappa shape index (κ3) is 3.90. The Morgan fingerprint density at radius 3 is 2.65 bits per heavy atom. The first-order valence-electron chi connectivity index (χ1n) is 10.0. The number of carbonyl (C=O) groups is 1. The summed E-state index contributed by atoms with van der Waals surface area (Å²) in [4.78, 5) is 20.1. The topological polar surface area (TPSA) is 45.2 Å². The standard InChI is InChI=1S/C22H29N3O/c1-15-11-16(2)14-25(13-15)10-9-23-22(26)19-12-21(17-7-8-17)24-20-6-4-3-5-18(19)20/h3-6,12,15-17H,7-11,13-14H2,1-2H3,(H,23,26). The lowest BCUT2D eigenvalue weighted by molar-refractivity contribution is 0.0938. The molecule has 2 unspecified atom stereocenters. The number of hydrogen-bond acceptors (Lipinski definition) is 3. The zero-order valence-corrected chi connectivity index (χ0v) is 15.9. The van der Waals surface area contributed by atoms with Gasteiger partial charge >= 0.3 is 0 Å². The van der Waals surface area contributed by atoms with Crippen LogP contribution in [-0.4, -0.2) is 42.0 Å². The van der Waals surface area contributed by atoms with Gasteiger partial charge in [0.25, 0.3) is 5.91 Å². The Labute approximate surface area is 156 Å². The molecule has 138 valence electrons. The lowest BCUT2D eigenvalue weighted by Gasteiger charge is -2.34. The molecule has 4 rings (SSSR count). The first-order chi connectivity index (χ1) is 12.6. The molecule has 4 nitrogen and oxygen atoms in total. The van der Waals surface area contributed by atoms with Gasteiger partial charge in [0.15, 0.2) is 0 Å². The number of amides is 1. The lowest BCUT2D eigenvalue weighted by atomic mass is 9.92. The van der Waals surface area contributed by atoms with Gasteiger partial charge in [0.2, 0.25) is 0 Å². The SMILES string of the molecule is CC1CC(C)CN(CCNC(=O)c2cc(C3CC3)nc3ccccc23)C1. The van der Waals surface area contributed by atoms with Gasteiger partial charge in [-0.2, -0.15) is 0 Å². The van der Waals surface area contributed by atoms with E-state index in [4.69, 9.17) is 4.98 Å². The van der Waals surface area contributed by atoms with Gasteiger partial charge in [-0.1, -0.05) is 32.0 Å². The smallest absolute Gasteiger partial charge is 0.252 e. The van der Waals surface area contributed by atoms with Crippen LogP contribution in [-0.2, 0) is 0 Å². The molecule has 1 saturated heterocycles. The molecule has 0 bridgehead atoms. The van der Waals surface area contributed by atoms with Crippen LogP contribution in [0.3, 0.4) is 0 Å². The summed E-state index contributed by atoms with van der Waals surface area (Å²) in [5.74, 6) is 2.07. The number of likely N-dealkylation sites (tertiary alicyclic amines) is 1. The summed E-state index contributed by atoms with van der Waals surface area (Å²) < 4.78 is 0. The fourth-order valence-electron chi connectivity index (χ4n) is 4.37. The monoisotopic (exact) mass is 351 g/mol. The average Bonchev–Trinajstić information content (AvgIpc) is 3.45. The van der Waals surface area contributed by atoms with Crippen molar-refractivity contribution >= 4 is 16.8 Å². The molecule has 1 amide bonds. The molecule has 0 radical (unpaired) electrons. The number of rotatable bonds is 5. The zero-order chi connectivity index (χ0) is 18.1. The van der Waals surface area contributed by atoms with Crippen LogP contribution in [0.25, 0.3) is 10.9 Å². The number of nitrogens with one attached hydrogen (secondary N) is 1. The van der Waals surface area contributed by atoms with Crippen molar-refractivity contribution in [1.29, 1.82) is 0 Å². The lowest BCUT2D eigenvalue weighted by Crippen LogP contribution is -2.42. The van der Waals surface area contributed by atoms with Crippen molar-refractivity contribution < 1.29 is 4.79 Å². The van der Waals surface area contributed by atoms with Gasteiger partial charge in [0.05, 0.1) is 11.1 Å². The van der Waals surface area contributed by atoms with Gasteiger partial charge in [-0.3, -0.25) is 9.78 Å². The van der Waals surface area contributed by atoms with Crippen molar-refractivity contribution in [2.75, 3.05) is 26.2 Å². The Morgan fingerprint density at radius 2 is 1.92 bits per heavy atom. The first kappa shape index (κ1) is 17.5. The summed E-state index contributed by atoms with van der Waals surface area (Å²) in [6.07, 6.45) is 3.70. The predicted molar refractivity (Wildman–Crippen MR) is 105 cm³/mol. The largest absolute Gasteiger partial charge is 0.351 e. The van der Waals surface area contributed by atoms with Crippen molar-refractivity contribution in [3.63, 3.8) is 0 Å². The van der Waals surface area contributed by atoms with E-state index < -0.39 is 0 Å². The normalized spacial score (nSPS) is 23.9. The molecule has 1 aliphatic carbocycles. The van der Waals surface area contributed by atoms with Gasteiger partial charge < -0.3 is 10.2 Å². The van der Waals surface area contributed by atoms with E-state index in [1.807, 2.05) is 30.3 Å². The number of benzene rings is 1. The molecule has 1 saturated carbocycles. The number of pyridine rings is 1. The number of hydrogen-bond donors (Lipinski definition) is 1. The van der Waals surface area contributed by atoms with E-state index in [-0.39, 0.29) is 5.91 Å². The number of aromatic nitrogens is 1. The summed E-state index contributed by atoms with van der Waals surface area (Å²) >= 11 is 0. The molecule has 1 aromatic heterocycles. The van der Waals surface area contributed by atoms with Crippen LogP contribution >= 0.6 is 0 Å². The summed E-state index contributed by atoms with van der Waals surface area (Å²) in [5, 5.41) is 4.10. The van der Waals surface area contributed by atoms with E-state index in [1.54, 1.807) is 0 Å². The van der Waals surface area contributed by atoms with Gasteiger partial charge in [0, 0.05) is 43.2 Å². The van der Waals surface area contributed by atoms with Gasteiger partial charge in [0.1, 0.15) is 0 Å². The van der Waals surface area contributed by atoms with Crippen LogP contribution < -0.4 is 5.32 Å². The maximum atomic E-state index is 12.9. The van der Waals surface area contributed by atoms with E-state index in [9.17, 15) is 4.79 Å². The van der Waals surface area contributed by atoms with Crippen LogP contribution in [0, 0.1) is 11.8 Å². The minimum atomic E-state index is 0.0311. The fourth-order valence-corrected chi connectivity index (χ4v) is 4.37. The molecular formula is C22H29N3O. The molecule has 2 aliphatic rings. The molecule has 4 heteroatoms. The summed E-state index contributed by atoms with van der Waals surface area (Å²) in [7, 11) is 0. The zero-order valence-electron chi connectivity index (χ0n) is 15.9. The first-order valence-corrected chi connectivity index (χ1v) is 10.0. The van der Waals surface area contributed by atoms with Crippen molar-refractivity contribution in [2.24, 2.45) is 11.8 Å². The second-order valence-electron chi connectivity index (χ2n) is 8.35. The fraction of sp³-hybridized carbons (Fsp3) is 0.545. The van der Waals surface area contributed by atoms with E-state index in [0.717, 1.165) is 53.6 Å². The van der Waals surface area contributed by atoms with E-state index >= 15 is 0 Å². The third-order valence-electron chi connectivity index (χ3n) is 5.63. The van der Waals surface area contributed by atoms with Crippen molar-refractivity contribution in [2.45, 2.75) is 39.0 Å². The minimum Gasteiger partial charge on any atom is -0.351 e. The summed E-state index contributed by atoms with van der Waals surface area (Å²) in [6.45, 7) is 8.56. The molecule has 1 N–H and O–H groups in total. The van der Waals surface area contributed by atoms with Gasteiger partial charge in [-0.05, 0) is 43.2 Å². The minimum absolute atomic E-state index is 0.0311. The third-order valence-corrected chi connectivity index (χ3v) is 5.63. The van der Waals surface area contributed by atoms with Crippen molar-refractivity contribution in [3.8, 4) is 0 Å². The molecule has 2 atom stereocenters. The molecule has 1 aromatic carbocycles. The van der Waals surface area contributed by atoms with Crippen LogP contribution in [0.4, 0.5) is 0 Å². The maximum Gasteiger partial charge on any atom is 0.252 e. The van der Waals surface area contributed by atoms with E-state index in [0.29, 0.717) is 12.5 Å². The number of fused-ring (bicyclic) bond motifs is 1. The Morgan fingerprint density at radius 1 is 1.19 bits per heavy atom. The number of piperidine rings is 1. The number of nitrogens with zero attached hydrogens (tertiary/aromatic N) is 2. The highest BCUT2D eigenvalue weighted by Gasteiger charge is 2.27. The Balaban J connectivity index is 1.44. The van der Waals surface area contributed by atoms with Crippen molar-refractivity contribution in [3.05, 3.63) is 41.6 Å². The van der Waals surface area contributed by atoms with Gasteiger partial charge in [-0.15, -0.1) is 0 Å². The number of para-hydroxylation sites is 1. The van der Waals surface area contributed by atoms with Crippen LogP contribution in [0.1, 0.15) is 55.1 Å². The Bertz CT molecular complexity index is 789. The second-order valence-corrected chi connectivity index (χ2v) is 8.35. The summed E-state index contributed by atoms with van der Waals surface area (Å²) in [6, 6.07) is 10.00. The highest BCUT2D eigenvalue weighted by atomic mass is 16.1. The van der Waals surface area contributed by atoms with Crippen molar-refractivity contribution in [1.82, 2.24) is 15.2 Å². The molecule has 1 aliphatic heterocycles. The second kappa shape index (κ2) is 7.36. The predicted octanol–water partition coefficient (Wildman–Crippen LogP) is 3.82. The molecule has 0 spiro atoms. The highest BCUT2D eigenvalue weighted by molar-refractivity contribution is 6.06. The Hall–Kier alpha value is -1.94. The molecule has 26 heavy (non-hydrogen) atoms. The maximum absolute atomic E-state index is 12.9. The summed E-state index contributed by atoms with van der Waals surface area (Å²) in [5.41, 5.74) is 2.78. The molecule has 2 heterocycles.